The predicted octanol–water partition coefficient (Wildman–Crippen LogP) is 4.44. The maximum absolute atomic E-state index is 12.3. The third-order valence-electron chi connectivity index (χ3n) is 4.40. The molecule has 0 spiro atoms. The van der Waals surface area contributed by atoms with Crippen LogP contribution in [0.1, 0.15) is 18.5 Å². The molecule has 0 radical (unpaired) electrons. The fourth-order valence-corrected chi connectivity index (χ4v) is 3.87. The molecule has 7 heteroatoms. The Labute approximate surface area is 162 Å². The number of urea groups is 1. The minimum Gasteiger partial charge on any atom is -0.298 e. The lowest BCUT2D eigenvalue weighted by atomic mass is 10.2. The Hall–Kier alpha value is -2.77. The third-order valence-corrected chi connectivity index (χ3v) is 5.29. The number of rotatable bonds is 5. The number of nitrogens with zero attached hydrogens (tertiary/aromatic N) is 3. The second-order valence-electron chi connectivity index (χ2n) is 6.48. The van der Waals surface area contributed by atoms with Gasteiger partial charge in [0.15, 0.2) is 0 Å². The molecule has 1 aromatic carbocycles. The molecule has 3 heterocycles. The molecule has 2 aromatic heterocycles. The van der Waals surface area contributed by atoms with Crippen LogP contribution in [0, 0.1) is 0 Å². The van der Waals surface area contributed by atoms with E-state index >= 15 is 0 Å². The average Bonchev–Trinajstić information content (AvgIpc) is 3.35. The van der Waals surface area contributed by atoms with E-state index in [1.165, 1.54) is 24.2 Å². The zero-order valence-corrected chi connectivity index (χ0v) is 15.7. The van der Waals surface area contributed by atoms with Crippen LogP contribution in [-0.2, 0) is 6.54 Å². The highest BCUT2D eigenvalue weighted by molar-refractivity contribution is 7.13. The Morgan fingerprint density at radius 1 is 0.963 bits per heavy atom. The van der Waals surface area contributed by atoms with Gasteiger partial charge in [0.2, 0.25) is 0 Å². The average molecular weight is 379 g/mol. The van der Waals surface area contributed by atoms with Crippen LogP contribution in [0.15, 0.2) is 53.9 Å². The van der Waals surface area contributed by atoms with Crippen molar-refractivity contribution in [3.63, 3.8) is 0 Å². The van der Waals surface area contributed by atoms with E-state index in [1.54, 1.807) is 6.07 Å². The number of likely N-dealkylation sites (tertiary alicyclic amines) is 1. The number of carbonyl (C=O) groups is 1. The van der Waals surface area contributed by atoms with Gasteiger partial charge in [-0.2, -0.15) is 0 Å². The fourth-order valence-electron chi connectivity index (χ4n) is 3.12. The van der Waals surface area contributed by atoms with Crippen LogP contribution in [0.3, 0.4) is 0 Å². The normalized spacial score (nSPS) is 14.2. The summed E-state index contributed by atoms with van der Waals surface area (Å²) in [5, 5.41) is 8.27. The second-order valence-corrected chi connectivity index (χ2v) is 7.34. The SMILES string of the molecule is O=C(Nc1cccc(CN2CCCC2)n1)Nc1csc(-c2ccccc2)n1. The summed E-state index contributed by atoms with van der Waals surface area (Å²) in [5.41, 5.74) is 2.00. The zero-order valence-electron chi connectivity index (χ0n) is 14.9. The van der Waals surface area contributed by atoms with E-state index in [4.69, 9.17) is 0 Å². The number of thiazole rings is 1. The summed E-state index contributed by atoms with van der Waals surface area (Å²) in [7, 11) is 0. The quantitative estimate of drug-likeness (QED) is 0.687. The van der Waals surface area contributed by atoms with Gasteiger partial charge in [-0.3, -0.25) is 15.5 Å². The standard InChI is InChI=1S/C20H21N5OS/c26-20(24-18-14-27-19(22-18)15-7-2-1-3-8-15)23-17-10-6-9-16(21-17)13-25-11-4-5-12-25/h1-3,6-10,14H,4-5,11-13H2,(H2,21,23,24,26). The summed E-state index contributed by atoms with van der Waals surface area (Å²) in [4.78, 5) is 23.7. The van der Waals surface area contributed by atoms with Gasteiger partial charge < -0.3 is 0 Å². The number of aromatic nitrogens is 2. The van der Waals surface area contributed by atoms with Crippen LogP contribution < -0.4 is 10.6 Å². The molecule has 1 aliphatic rings. The molecule has 138 valence electrons. The van der Waals surface area contributed by atoms with Gasteiger partial charge in [-0.1, -0.05) is 36.4 Å². The van der Waals surface area contributed by atoms with Crippen LogP contribution in [-0.4, -0.2) is 34.0 Å². The Morgan fingerprint density at radius 2 is 1.74 bits per heavy atom. The molecule has 2 N–H and O–H groups in total. The summed E-state index contributed by atoms with van der Waals surface area (Å²) in [6.45, 7) is 3.06. The molecule has 3 aromatic rings. The number of nitrogens with one attached hydrogen (secondary N) is 2. The lowest BCUT2D eigenvalue weighted by Gasteiger charge is -2.14. The number of amides is 2. The van der Waals surface area contributed by atoms with Crippen molar-refractivity contribution in [3.05, 3.63) is 59.6 Å². The maximum Gasteiger partial charge on any atom is 0.326 e. The summed E-state index contributed by atoms with van der Waals surface area (Å²) < 4.78 is 0. The van der Waals surface area contributed by atoms with E-state index in [-0.39, 0.29) is 6.03 Å². The number of benzene rings is 1. The molecule has 0 bridgehead atoms. The van der Waals surface area contributed by atoms with Gasteiger partial charge in [0, 0.05) is 17.5 Å². The second kappa shape index (κ2) is 8.28. The van der Waals surface area contributed by atoms with Gasteiger partial charge in [0.05, 0.1) is 5.69 Å². The van der Waals surface area contributed by atoms with Crippen molar-refractivity contribution in [1.82, 2.24) is 14.9 Å². The highest BCUT2D eigenvalue weighted by Crippen LogP contribution is 2.25. The van der Waals surface area contributed by atoms with Crippen molar-refractivity contribution >= 4 is 29.0 Å². The number of hydrogen-bond donors (Lipinski definition) is 2. The van der Waals surface area contributed by atoms with Crippen molar-refractivity contribution in [2.24, 2.45) is 0 Å². The van der Waals surface area contributed by atoms with Crippen molar-refractivity contribution in [1.29, 1.82) is 0 Å². The third kappa shape index (κ3) is 4.69. The van der Waals surface area contributed by atoms with Crippen molar-refractivity contribution < 1.29 is 4.79 Å². The van der Waals surface area contributed by atoms with Crippen molar-refractivity contribution in [2.75, 3.05) is 23.7 Å². The Balaban J connectivity index is 1.36. The summed E-state index contributed by atoms with van der Waals surface area (Å²) >= 11 is 1.50. The smallest absolute Gasteiger partial charge is 0.298 e. The van der Waals surface area contributed by atoms with Crippen LogP contribution in [0.25, 0.3) is 10.6 Å². The minimum absolute atomic E-state index is 0.342. The van der Waals surface area contributed by atoms with Crippen molar-refractivity contribution in [3.8, 4) is 10.6 Å². The van der Waals surface area contributed by atoms with Crippen LogP contribution in [0.2, 0.25) is 0 Å². The molecule has 4 rings (SSSR count). The van der Waals surface area contributed by atoms with Crippen LogP contribution in [0.4, 0.5) is 16.4 Å². The molecule has 0 unspecified atom stereocenters. The highest BCUT2D eigenvalue weighted by Gasteiger charge is 2.13. The van der Waals surface area contributed by atoms with Gasteiger partial charge in [-0.05, 0) is 38.1 Å². The minimum atomic E-state index is -0.342. The predicted molar refractivity (Wildman–Crippen MR) is 109 cm³/mol. The molecule has 0 atom stereocenters. The largest absolute Gasteiger partial charge is 0.326 e. The Kier molecular flexibility index (Phi) is 5.41. The molecule has 1 fully saturated rings. The number of anilines is 2. The molecular formula is C20H21N5OS. The van der Waals surface area contributed by atoms with E-state index in [0.717, 1.165) is 35.9 Å². The van der Waals surface area contributed by atoms with E-state index < -0.39 is 0 Å². The fraction of sp³-hybridized carbons (Fsp3) is 0.250. The van der Waals surface area contributed by atoms with Gasteiger partial charge in [0.25, 0.3) is 0 Å². The first-order valence-electron chi connectivity index (χ1n) is 9.03. The molecule has 27 heavy (non-hydrogen) atoms. The lowest BCUT2D eigenvalue weighted by Crippen LogP contribution is -2.22. The van der Waals surface area contributed by atoms with Gasteiger partial charge >= 0.3 is 6.03 Å². The van der Waals surface area contributed by atoms with Gasteiger partial charge in [0.1, 0.15) is 16.6 Å². The summed E-state index contributed by atoms with van der Waals surface area (Å²) in [6, 6.07) is 15.3. The number of carbonyl (C=O) groups excluding carboxylic acids is 1. The molecule has 1 aliphatic heterocycles. The van der Waals surface area contributed by atoms with Crippen LogP contribution >= 0.6 is 11.3 Å². The first-order valence-corrected chi connectivity index (χ1v) is 9.91. The zero-order chi connectivity index (χ0) is 18.5. The van der Waals surface area contributed by atoms with E-state index in [9.17, 15) is 4.79 Å². The van der Waals surface area contributed by atoms with E-state index in [1.807, 2.05) is 47.8 Å². The van der Waals surface area contributed by atoms with Crippen LogP contribution in [0.5, 0.6) is 0 Å². The van der Waals surface area contributed by atoms with Gasteiger partial charge in [-0.15, -0.1) is 11.3 Å². The first kappa shape index (κ1) is 17.6. The highest BCUT2D eigenvalue weighted by atomic mass is 32.1. The molecule has 0 saturated carbocycles. The first-order chi connectivity index (χ1) is 13.3. The topological polar surface area (TPSA) is 70.2 Å². The Bertz CT molecular complexity index is 906. The lowest BCUT2D eigenvalue weighted by molar-refractivity contribution is 0.262. The molecular weight excluding hydrogens is 358 g/mol. The molecule has 6 nitrogen and oxygen atoms in total. The van der Waals surface area contributed by atoms with Gasteiger partial charge in [-0.25, -0.2) is 14.8 Å². The molecule has 1 saturated heterocycles. The van der Waals surface area contributed by atoms with E-state index in [0.29, 0.717) is 11.6 Å². The summed E-state index contributed by atoms with van der Waals surface area (Å²) in [6.07, 6.45) is 2.50. The Morgan fingerprint density at radius 3 is 2.56 bits per heavy atom. The maximum atomic E-state index is 12.3. The van der Waals surface area contributed by atoms with E-state index in [2.05, 4.69) is 25.5 Å². The number of pyridine rings is 1. The van der Waals surface area contributed by atoms with Crippen molar-refractivity contribution in [2.45, 2.75) is 19.4 Å². The molecule has 2 amide bonds. The monoisotopic (exact) mass is 379 g/mol. The summed E-state index contributed by atoms with van der Waals surface area (Å²) in [5.74, 6) is 1.08. The number of hydrogen-bond acceptors (Lipinski definition) is 5. The molecule has 0 aliphatic carbocycles.